The van der Waals surface area contributed by atoms with E-state index < -0.39 is 0 Å². The highest BCUT2D eigenvalue weighted by molar-refractivity contribution is 6.00. The molecule has 4 rings (SSSR count). The Morgan fingerprint density at radius 3 is 2.46 bits per heavy atom. The molecule has 1 fully saturated rings. The van der Waals surface area contributed by atoms with Crippen LogP contribution in [0.5, 0.6) is 0 Å². The molecule has 0 radical (unpaired) electrons. The van der Waals surface area contributed by atoms with Crippen LogP contribution in [0.15, 0.2) is 60.9 Å². The highest BCUT2D eigenvalue weighted by atomic mass is 19.1. The van der Waals surface area contributed by atoms with Crippen molar-refractivity contribution in [1.29, 1.82) is 0 Å². The molecule has 5 heteroatoms. The predicted molar refractivity (Wildman–Crippen MR) is 90.1 cm³/mol. The summed E-state index contributed by atoms with van der Waals surface area (Å²) in [7, 11) is 0. The van der Waals surface area contributed by atoms with Crippen molar-refractivity contribution in [3.63, 3.8) is 0 Å². The smallest absolute Gasteiger partial charge is 0.234 e. The van der Waals surface area contributed by atoms with Gasteiger partial charge in [0, 0.05) is 24.0 Å². The fourth-order valence-corrected chi connectivity index (χ4v) is 3.18. The average molecular weight is 321 g/mol. The summed E-state index contributed by atoms with van der Waals surface area (Å²) < 4.78 is 13.1. The van der Waals surface area contributed by atoms with Crippen molar-refractivity contribution in [3.05, 3.63) is 72.3 Å². The summed E-state index contributed by atoms with van der Waals surface area (Å²) in [6.07, 6.45) is 4.34. The number of halogens is 1. The molecular weight excluding hydrogens is 305 g/mol. The molecule has 3 aromatic rings. The van der Waals surface area contributed by atoms with E-state index in [4.69, 9.17) is 0 Å². The second-order valence-corrected chi connectivity index (χ2v) is 5.92. The van der Waals surface area contributed by atoms with Crippen molar-refractivity contribution >= 4 is 11.6 Å². The van der Waals surface area contributed by atoms with E-state index in [1.54, 1.807) is 23.2 Å². The summed E-state index contributed by atoms with van der Waals surface area (Å²) in [5.74, 6) is -0.410. The maximum atomic E-state index is 13.1. The van der Waals surface area contributed by atoms with E-state index in [9.17, 15) is 9.18 Å². The molecule has 1 saturated heterocycles. The van der Waals surface area contributed by atoms with Gasteiger partial charge in [0.2, 0.25) is 5.91 Å². The molecule has 1 N–H and O–H groups in total. The van der Waals surface area contributed by atoms with Gasteiger partial charge >= 0.3 is 0 Å². The second-order valence-electron chi connectivity index (χ2n) is 5.92. The Balaban J connectivity index is 1.55. The molecule has 1 aliphatic rings. The first kappa shape index (κ1) is 14.6. The minimum absolute atomic E-state index is 0.0673. The lowest BCUT2D eigenvalue weighted by atomic mass is 9.98. The third kappa shape index (κ3) is 2.58. The number of benzene rings is 2. The Hall–Kier alpha value is -2.95. The predicted octanol–water partition coefficient (Wildman–Crippen LogP) is 3.74. The molecule has 0 spiro atoms. The highest BCUT2D eigenvalue weighted by Gasteiger charge is 2.33. The molecule has 0 unspecified atom stereocenters. The van der Waals surface area contributed by atoms with E-state index in [0.29, 0.717) is 6.54 Å². The van der Waals surface area contributed by atoms with Crippen LogP contribution < -0.4 is 4.90 Å². The molecular formula is C19H16FN3O. The average Bonchev–Trinajstić information content (AvgIpc) is 3.26. The number of aromatic amines is 1. The van der Waals surface area contributed by atoms with Crippen LogP contribution >= 0.6 is 0 Å². The van der Waals surface area contributed by atoms with Crippen molar-refractivity contribution in [3.8, 4) is 11.1 Å². The number of rotatable bonds is 3. The number of amides is 1. The first-order valence-electron chi connectivity index (χ1n) is 7.88. The monoisotopic (exact) mass is 321 g/mol. The molecule has 1 aromatic heterocycles. The molecule has 0 saturated carbocycles. The van der Waals surface area contributed by atoms with E-state index in [2.05, 4.69) is 10.2 Å². The lowest BCUT2D eigenvalue weighted by molar-refractivity contribution is -0.118. The van der Waals surface area contributed by atoms with Crippen LogP contribution in [0, 0.1) is 5.82 Å². The van der Waals surface area contributed by atoms with Gasteiger partial charge < -0.3 is 4.90 Å². The van der Waals surface area contributed by atoms with Gasteiger partial charge in [0.15, 0.2) is 0 Å². The van der Waals surface area contributed by atoms with Gasteiger partial charge in [-0.2, -0.15) is 5.10 Å². The third-order valence-electron chi connectivity index (χ3n) is 4.49. The summed E-state index contributed by atoms with van der Waals surface area (Å²) >= 11 is 0. The Bertz CT molecular complexity index is 841. The minimum Gasteiger partial charge on any atom is -0.312 e. The normalized spacial score (nSPS) is 17.5. The van der Waals surface area contributed by atoms with Crippen molar-refractivity contribution in [1.82, 2.24) is 10.2 Å². The zero-order valence-electron chi connectivity index (χ0n) is 12.9. The Kier molecular flexibility index (Phi) is 3.61. The number of nitrogens with zero attached hydrogens (tertiary/aromatic N) is 2. The van der Waals surface area contributed by atoms with Gasteiger partial charge in [0.05, 0.1) is 12.1 Å². The molecule has 0 bridgehead atoms. The lowest BCUT2D eigenvalue weighted by Gasteiger charge is -2.17. The van der Waals surface area contributed by atoms with Gasteiger partial charge in [-0.1, -0.05) is 24.3 Å². The molecule has 4 nitrogen and oxygen atoms in total. The van der Waals surface area contributed by atoms with Gasteiger partial charge in [-0.25, -0.2) is 4.39 Å². The van der Waals surface area contributed by atoms with Crippen molar-refractivity contribution < 1.29 is 9.18 Å². The molecule has 1 amide bonds. The maximum Gasteiger partial charge on any atom is 0.234 e. The van der Waals surface area contributed by atoms with E-state index in [1.165, 1.54) is 12.1 Å². The fourth-order valence-electron chi connectivity index (χ4n) is 3.18. The second kappa shape index (κ2) is 5.92. The van der Waals surface area contributed by atoms with Crippen LogP contribution in [0.25, 0.3) is 11.1 Å². The van der Waals surface area contributed by atoms with Gasteiger partial charge in [-0.15, -0.1) is 0 Å². The summed E-state index contributed by atoms with van der Waals surface area (Å²) in [6.45, 7) is 0.673. The van der Waals surface area contributed by atoms with Gasteiger partial charge in [-0.05, 0) is 41.8 Å². The summed E-state index contributed by atoms with van der Waals surface area (Å²) in [5.41, 5.74) is 3.82. The summed E-state index contributed by atoms with van der Waals surface area (Å²) in [4.78, 5) is 14.5. The lowest BCUT2D eigenvalue weighted by Crippen LogP contribution is -2.26. The summed E-state index contributed by atoms with van der Waals surface area (Å²) in [5, 5.41) is 6.74. The SMILES string of the molecule is O=C1[C@@H](c2ccc(F)cc2)CCN1c1ccc(-c2cn[nH]c2)cc1. The van der Waals surface area contributed by atoms with Crippen LogP contribution in [0.4, 0.5) is 10.1 Å². The van der Waals surface area contributed by atoms with Crippen LogP contribution in [0.3, 0.4) is 0 Å². The quantitative estimate of drug-likeness (QED) is 0.799. The van der Waals surface area contributed by atoms with E-state index in [1.807, 2.05) is 30.5 Å². The topological polar surface area (TPSA) is 49.0 Å². The first-order chi connectivity index (χ1) is 11.7. The fraction of sp³-hybridized carbons (Fsp3) is 0.158. The van der Waals surface area contributed by atoms with Crippen LogP contribution in [-0.4, -0.2) is 22.6 Å². The molecule has 2 aromatic carbocycles. The molecule has 1 aliphatic heterocycles. The van der Waals surface area contributed by atoms with Crippen LogP contribution in [-0.2, 0) is 4.79 Å². The number of hydrogen-bond donors (Lipinski definition) is 1. The van der Waals surface area contributed by atoms with E-state index in [-0.39, 0.29) is 17.6 Å². The van der Waals surface area contributed by atoms with Crippen LogP contribution in [0.1, 0.15) is 17.9 Å². The minimum atomic E-state index is -0.282. The molecule has 24 heavy (non-hydrogen) atoms. The third-order valence-corrected chi connectivity index (χ3v) is 4.49. The number of carbonyl (C=O) groups is 1. The van der Waals surface area contributed by atoms with E-state index >= 15 is 0 Å². The molecule has 0 aliphatic carbocycles. The molecule has 120 valence electrons. The number of hydrogen-bond acceptors (Lipinski definition) is 2. The number of aromatic nitrogens is 2. The van der Waals surface area contributed by atoms with E-state index in [0.717, 1.165) is 28.8 Å². The Morgan fingerprint density at radius 2 is 1.79 bits per heavy atom. The van der Waals surface area contributed by atoms with Crippen molar-refractivity contribution in [2.45, 2.75) is 12.3 Å². The molecule has 2 heterocycles. The van der Waals surface area contributed by atoms with Crippen molar-refractivity contribution in [2.24, 2.45) is 0 Å². The van der Waals surface area contributed by atoms with Gasteiger partial charge in [0.1, 0.15) is 5.82 Å². The largest absolute Gasteiger partial charge is 0.312 e. The Labute approximate surface area is 138 Å². The number of anilines is 1. The molecule has 1 atom stereocenters. The number of nitrogens with one attached hydrogen (secondary N) is 1. The van der Waals surface area contributed by atoms with Crippen molar-refractivity contribution in [2.75, 3.05) is 11.4 Å². The first-order valence-corrected chi connectivity index (χ1v) is 7.88. The summed E-state index contributed by atoms with van der Waals surface area (Å²) in [6, 6.07) is 14.1. The number of carbonyl (C=O) groups excluding carboxylic acids is 1. The standard InChI is InChI=1S/C19H16FN3O/c20-16-5-1-14(2-6-16)18-9-10-23(19(18)24)17-7-3-13(4-8-17)15-11-21-22-12-15/h1-8,11-12,18H,9-10H2,(H,21,22)/t18-/m1/s1. The van der Waals surface area contributed by atoms with Gasteiger partial charge in [0.25, 0.3) is 0 Å². The highest BCUT2D eigenvalue weighted by Crippen LogP contribution is 2.33. The maximum absolute atomic E-state index is 13.1. The number of H-pyrrole nitrogens is 1. The zero-order valence-corrected chi connectivity index (χ0v) is 12.9. The zero-order chi connectivity index (χ0) is 16.5. The van der Waals surface area contributed by atoms with Gasteiger partial charge in [-0.3, -0.25) is 9.89 Å². The Morgan fingerprint density at radius 1 is 1.04 bits per heavy atom. The van der Waals surface area contributed by atoms with Crippen LogP contribution in [0.2, 0.25) is 0 Å².